The maximum atomic E-state index is 13.6. The van der Waals surface area contributed by atoms with Crippen LogP contribution in [0.25, 0.3) is 0 Å². The summed E-state index contributed by atoms with van der Waals surface area (Å²) in [6, 6.07) is 24.1. The number of hydrazine groups is 1. The number of nitrogens with zero attached hydrogens (tertiary/aromatic N) is 1. The first-order chi connectivity index (χ1) is 17.7. The Hall–Kier alpha value is -3.12. The summed E-state index contributed by atoms with van der Waals surface area (Å²) in [5, 5.41) is 2.79. The molecule has 5 nitrogen and oxygen atoms in total. The number of halogens is 1. The number of fused-ring (bicyclic) bond motifs is 1. The number of nitrogens with one attached hydrogen (secondary N) is 1. The Labute approximate surface area is 222 Å². The fourth-order valence-electron chi connectivity index (χ4n) is 4.60. The minimum absolute atomic E-state index is 0.000572. The Balaban J connectivity index is 1.56. The van der Waals surface area contributed by atoms with Gasteiger partial charge in [0.1, 0.15) is 11.8 Å². The summed E-state index contributed by atoms with van der Waals surface area (Å²) >= 11 is 3.46. The summed E-state index contributed by atoms with van der Waals surface area (Å²) in [5.74, 6) is 0.276. The van der Waals surface area contributed by atoms with Gasteiger partial charge >= 0.3 is 0 Å². The van der Waals surface area contributed by atoms with Crippen molar-refractivity contribution in [1.29, 1.82) is 0 Å². The van der Waals surface area contributed by atoms with Crippen LogP contribution < -0.4 is 15.2 Å². The maximum Gasteiger partial charge on any atom is 0.273 e. The Morgan fingerprint density at radius 2 is 1.61 bits per heavy atom. The lowest BCUT2D eigenvalue weighted by atomic mass is 9.99. The van der Waals surface area contributed by atoms with Crippen molar-refractivity contribution >= 4 is 33.3 Å². The lowest BCUT2D eigenvalue weighted by Gasteiger charge is -2.32. The van der Waals surface area contributed by atoms with Crippen molar-refractivity contribution in [2.24, 2.45) is 0 Å². The van der Waals surface area contributed by atoms with Gasteiger partial charge in [-0.2, -0.15) is 0 Å². The summed E-state index contributed by atoms with van der Waals surface area (Å²) in [5.41, 5.74) is 6.17. The van der Waals surface area contributed by atoms with E-state index in [1.165, 1.54) is 0 Å². The highest BCUT2D eigenvalue weighted by molar-refractivity contribution is 9.09. The van der Waals surface area contributed by atoms with E-state index in [0.29, 0.717) is 29.9 Å². The minimum Gasteiger partial charge on any atom is -0.493 e. The van der Waals surface area contributed by atoms with Crippen molar-refractivity contribution in [2.75, 3.05) is 16.9 Å². The van der Waals surface area contributed by atoms with Gasteiger partial charge in [-0.05, 0) is 55.9 Å². The monoisotopic (exact) mass is 548 g/mol. The number of carbonyl (C=O) groups excluding carboxylic acids is 2. The SMILES string of the molecule is O=C(NN1c2ccccc2CCCC1C(=O)c1ccccc1)c1ccccc1OCCCCCCBr. The largest absolute Gasteiger partial charge is 0.493 e. The zero-order chi connectivity index (χ0) is 25.2. The molecule has 3 aromatic carbocycles. The van der Waals surface area contributed by atoms with E-state index >= 15 is 0 Å². The van der Waals surface area contributed by atoms with Crippen molar-refractivity contribution in [1.82, 2.24) is 5.43 Å². The van der Waals surface area contributed by atoms with Crippen LogP contribution in [-0.4, -0.2) is 29.7 Å². The molecule has 188 valence electrons. The van der Waals surface area contributed by atoms with E-state index in [0.717, 1.165) is 55.1 Å². The number of anilines is 1. The number of Topliss-reactive ketones (excluding diaryl/α,β-unsaturated/α-hetero) is 1. The molecule has 0 radical (unpaired) electrons. The zero-order valence-electron chi connectivity index (χ0n) is 20.5. The molecule has 0 aromatic heterocycles. The van der Waals surface area contributed by atoms with Crippen LogP contribution >= 0.6 is 15.9 Å². The van der Waals surface area contributed by atoms with E-state index in [1.807, 2.05) is 66.7 Å². The number of unbranched alkanes of at least 4 members (excludes halogenated alkanes) is 3. The highest BCUT2D eigenvalue weighted by Crippen LogP contribution is 2.30. The van der Waals surface area contributed by atoms with Crippen LogP contribution in [0.5, 0.6) is 5.75 Å². The van der Waals surface area contributed by atoms with Gasteiger partial charge in [0.05, 0.1) is 17.9 Å². The van der Waals surface area contributed by atoms with Gasteiger partial charge in [0.15, 0.2) is 5.78 Å². The third-order valence-electron chi connectivity index (χ3n) is 6.49. The van der Waals surface area contributed by atoms with E-state index in [2.05, 4.69) is 27.4 Å². The van der Waals surface area contributed by atoms with Gasteiger partial charge < -0.3 is 4.74 Å². The second kappa shape index (κ2) is 13.3. The van der Waals surface area contributed by atoms with Crippen LogP contribution in [0.15, 0.2) is 78.9 Å². The van der Waals surface area contributed by atoms with Crippen LogP contribution in [0.3, 0.4) is 0 Å². The van der Waals surface area contributed by atoms with Gasteiger partial charge in [-0.3, -0.25) is 20.0 Å². The number of ketones is 1. The molecule has 1 amide bonds. The Bertz CT molecular complexity index is 1150. The van der Waals surface area contributed by atoms with E-state index in [9.17, 15) is 9.59 Å². The molecular weight excluding hydrogens is 516 g/mol. The topological polar surface area (TPSA) is 58.6 Å². The van der Waals surface area contributed by atoms with Crippen LogP contribution in [0.4, 0.5) is 5.69 Å². The van der Waals surface area contributed by atoms with E-state index in [-0.39, 0.29) is 11.7 Å². The van der Waals surface area contributed by atoms with E-state index in [4.69, 9.17) is 4.74 Å². The highest BCUT2D eigenvalue weighted by Gasteiger charge is 2.32. The highest BCUT2D eigenvalue weighted by atomic mass is 79.9. The van der Waals surface area contributed by atoms with Crippen LogP contribution in [-0.2, 0) is 6.42 Å². The van der Waals surface area contributed by atoms with Crippen molar-refractivity contribution in [3.05, 3.63) is 95.6 Å². The Morgan fingerprint density at radius 3 is 2.44 bits per heavy atom. The molecule has 0 aliphatic carbocycles. The van der Waals surface area contributed by atoms with Gasteiger partial charge in [0.25, 0.3) is 5.91 Å². The molecule has 4 rings (SSSR count). The number of para-hydroxylation sites is 2. The Morgan fingerprint density at radius 1 is 0.889 bits per heavy atom. The summed E-state index contributed by atoms with van der Waals surface area (Å²) in [4.78, 5) is 27.2. The van der Waals surface area contributed by atoms with Gasteiger partial charge in [0, 0.05) is 10.9 Å². The number of carbonyl (C=O) groups is 2. The molecule has 1 aliphatic heterocycles. The molecule has 0 saturated carbocycles. The number of ether oxygens (including phenoxy) is 1. The molecule has 0 bridgehead atoms. The van der Waals surface area contributed by atoms with Crippen LogP contribution in [0.1, 0.15) is 64.8 Å². The average Bonchev–Trinajstić information content (AvgIpc) is 3.10. The zero-order valence-corrected chi connectivity index (χ0v) is 22.1. The number of benzene rings is 3. The summed E-state index contributed by atoms with van der Waals surface area (Å²) in [6.07, 6.45) is 6.71. The fraction of sp³-hybridized carbons (Fsp3) is 0.333. The molecule has 3 aromatic rings. The first-order valence-electron chi connectivity index (χ1n) is 12.7. The molecule has 6 heteroatoms. The first kappa shape index (κ1) is 26.0. The van der Waals surface area contributed by atoms with Crippen LogP contribution in [0.2, 0.25) is 0 Å². The summed E-state index contributed by atoms with van der Waals surface area (Å²) < 4.78 is 6.01. The average molecular weight is 550 g/mol. The number of amides is 1. The second-order valence-corrected chi connectivity index (χ2v) is 9.82. The molecule has 36 heavy (non-hydrogen) atoms. The van der Waals surface area contributed by atoms with Gasteiger partial charge in [-0.25, -0.2) is 0 Å². The van der Waals surface area contributed by atoms with E-state index in [1.54, 1.807) is 11.1 Å². The molecule has 1 aliphatic rings. The lowest BCUT2D eigenvalue weighted by molar-refractivity contribution is 0.0909. The molecule has 0 fully saturated rings. The molecular formula is C30H33BrN2O3. The molecule has 0 spiro atoms. The number of hydrogen-bond donors (Lipinski definition) is 1. The number of hydrogen-bond acceptors (Lipinski definition) is 4. The Kier molecular flexibility index (Phi) is 9.56. The molecule has 1 N–H and O–H groups in total. The number of aryl methyl sites for hydroxylation is 1. The second-order valence-electron chi connectivity index (χ2n) is 9.03. The van der Waals surface area contributed by atoms with Crippen LogP contribution in [0, 0.1) is 0 Å². The van der Waals surface area contributed by atoms with Gasteiger partial charge in [-0.15, -0.1) is 0 Å². The lowest BCUT2D eigenvalue weighted by Crippen LogP contribution is -2.52. The molecule has 1 unspecified atom stereocenters. The quantitative estimate of drug-likeness (QED) is 0.163. The number of alkyl halides is 1. The van der Waals surface area contributed by atoms with E-state index < -0.39 is 6.04 Å². The van der Waals surface area contributed by atoms with Gasteiger partial charge in [-0.1, -0.05) is 89.4 Å². The molecule has 1 heterocycles. The van der Waals surface area contributed by atoms with Crippen molar-refractivity contribution < 1.29 is 14.3 Å². The first-order valence-corrected chi connectivity index (χ1v) is 13.9. The summed E-state index contributed by atoms with van der Waals surface area (Å²) in [6.45, 7) is 0.564. The van der Waals surface area contributed by atoms with Crippen molar-refractivity contribution in [3.63, 3.8) is 0 Å². The maximum absolute atomic E-state index is 13.6. The van der Waals surface area contributed by atoms with Crippen molar-refractivity contribution in [3.8, 4) is 5.75 Å². The van der Waals surface area contributed by atoms with Crippen molar-refractivity contribution in [2.45, 2.75) is 51.0 Å². The minimum atomic E-state index is -0.498. The third-order valence-corrected chi connectivity index (χ3v) is 7.05. The van der Waals surface area contributed by atoms with Gasteiger partial charge in [0.2, 0.25) is 0 Å². The predicted molar refractivity (Wildman–Crippen MR) is 148 cm³/mol. The summed E-state index contributed by atoms with van der Waals surface area (Å²) in [7, 11) is 0. The third kappa shape index (κ3) is 6.55. The molecule has 0 saturated heterocycles. The fourth-order valence-corrected chi connectivity index (χ4v) is 5.00. The molecule has 1 atom stereocenters. The predicted octanol–water partition coefficient (Wildman–Crippen LogP) is 6.76. The smallest absolute Gasteiger partial charge is 0.273 e. The number of rotatable bonds is 11. The standard InChI is InChI=1S/C30H33BrN2O3/c31-21-10-1-2-11-22-36-28-20-9-7-17-25(28)30(35)32-33-26-18-8-6-13-23(26)16-12-19-27(33)29(34)24-14-4-3-5-15-24/h3-9,13-15,17-18,20,27H,1-2,10-12,16,19,21-22H2,(H,32,35). The normalized spacial score (nSPS) is 15.0.